The summed E-state index contributed by atoms with van der Waals surface area (Å²) >= 11 is 0. The van der Waals surface area contributed by atoms with Gasteiger partial charge in [-0.05, 0) is 31.2 Å². The van der Waals surface area contributed by atoms with Crippen molar-refractivity contribution in [3.63, 3.8) is 0 Å². The molecule has 1 atom stereocenters. The van der Waals surface area contributed by atoms with Crippen LogP contribution in [0.1, 0.15) is 39.5 Å². The first-order valence-electron chi connectivity index (χ1n) is 7.11. The molecule has 1 aliphatic rings. The van der Waals surface area contributed by atoms with Crippen LogP contribution in [0.3, 0.4) is 0 Å². The van der Waals surface area contributed by atoms with Gasteiger partial charge in [-0.25, -0.2) is 4.98 Å². The van der Waals surface area contributed by atoms with Crippen LogP contribution in [0.4, 0.5) is 11.8 Å². The summed E-state index contributed by atoms with van der Waals surface area (Å²) in [7, 11) is 0. The molecule has 1 aliphatic heterocycles. The van der Waals surface area contributed by atoms with Crippen LogP contribution in [-0.2, 0) is 0 Å². The summed E-state index contributed by atoms with van der Waals surface area (Å²) in [5.74, 6) is 2.60. The molecule has 1 N–H and O–H groups in total. The highest BCUT2D eigenvalue weighted by Gasteiger charge is 2.17. The van der Waals surface area contributed by atoms with E-state index < -0.39 is 0 Å². The fraction of sp³-hybridized carbons (Fsp3) is 0.714. The summed E-state index contributed by atoms with van der Waals surface area (Å²) in [4.78, 5) is 11.3. The van der Waals surface area contributed by atoms with Gasteiger partial charge < -0.3 is 10.2 Å². The smallest absolute Gasteiger partial charge is 0.224 e. The van der Waals surface area contributed by atoms with Gasteiger partial charge in [0.05, 0.1) is 0 Å². The Morgan fingerprint density at radius 2 is 2.39 bits per heavy atom. The third-order valence-electron chi connectivity index (χ3n) is 3.44. The Bertz CT molecular complexity index is 367. The molecule has 2 heterocycles. The highest BCUT2D eigenvalue weighted by atomic mass is 15.2. The van der Waals surface area contributed by atoms with E-state index >= 15 is 0 Å². The van der Waals surface area contributed by atoms with Crippen molar-refractivity contribution in [2.24, 2.45) is 5.92 Å². The van der Waals surface area contributed by atoms with Crippen LogP contribution < -0.4 is 10.2 Å². The van der Waals surface area contributed by atoms with Gasteiger partial charge in [0, 0.05) is 25.8 Å². The zero-order valence-corrected chi connectivity index (χ0v) is 11.5. The lowest BCUT2D eigenvalue weighted by atomic mass is 10.0. The molecule has 1 unspecified atom stereocenters. The predicted octanol–water partition coefficient (Wildman–Crippen LogP) is 2.92. The van der Waals surface area contributed by atoms with E-state index in [0.717, 1.165) is 43.7 Å². The summed E-state index contributed by atoms with van der Waals surface area (Å²) in [6.45, 7) is 7.69. The first-order valence-corrected chi connectivity index (χ1v) is 7.11. The number of piperidine rings is 1. The Labute approximate surface area is 110 Å². The van der Waals surface area contributed by atoms with E-state index in [1.165, 1.54) is 19.3 Å². The van der Waals surface area contributed by atoms with Gasteiger partial charge >= 0.3 is 0 Å². The molecule has 4 heteroatoms. The molecule has 1 aromatic heterocycles. The van der Waals surface area contributed by atoms with Gasteiger partial charge in [-0.15, -0.1) is 0 Å². The number of nitrogens with one attached hydrogen (secondary N) is 1. The molecule has 100 valence electrons. The highest BCUT2D eigenvalue weighted by molar-refractivity contribution is 5.42. The highest BCUT2D eigenvalue weighted by Crippen LogP contribution is 2.21. The molecule has 1 saturated heterocycles. The number of nitrogens with zero attached hydrogens (tertiary/aromatic N) is 3. The molecule has 0 aliphatic carbocycles. The lowest BCUT2D eigenvalue weighted by Crippen LogP contribution is -2.34. The average molecular weight is 248 g/mol. The van der Waals surface area contributed by atoms with Gasteiger partial charge in [0.15, 0.2) is 0 Å². The second-order valence-electron chi connectivity index (χ2n) is 5.21. The van der Waals surface area contributed by atoms with Crippen LogP contribution in [0.15, 0.2) is 12.3 Å². The molecule has 1 fully saturated rings. The molecule has 18 heavy (non-hydrogen) atoms. The Morgan fingerprint density at radius 3 is 3.17 bits per heavy atom. The Balaban J connectivity index is 1.97. The molecule has 2 rings (SSSR count). The van der Waals surface area contributed by atoms with Crippen molar-refractivity contribution in [2.75, 3.05) is 29.9 Å². The molecule has 0 bridgehead atoms. The number of rotatable bonds is 5. The lowest BCUT2D eigenvalue weighted by Gasteiger charge is -2.31. The third kappa shape index (κ3) is 3.59. The third-order valence-corrected chi connectivity index (χ3v) is 3.44. The number of anilines is 2. The zero-order valence-electron chi connectivity index (χ0n) is 11.5. The van der Waals surface area contributed by atoms with Gasteiger partial charge in [0.2, 0.25) is 5.95 Å². The van der Waals surface area contributed by atoms with E-state index in [1.807, 2.05) is 12.3 Å². The van der Waals surface area contributed by atoms with Crippen LogP contribution >= 0.6 is 0 Å². The predicted molar refractivity (Wildman–Crippen MR) is 76.0 cm³/mol. The number of aromatic nitrogens is 2. The minimum atomic E-state index is 0.763. The summed E-state index contributed by atoms with van der Waals surface area (Å²) in [5, 5.41) is 3.29. The van der Waals surface area contributed by atoms with Crippen molar-refractivity contribution < 1.29 is 0 Å². The summed E-state index contributed by atoms with van der Waals surface area (Å²) in [5.41, 5.74) is 0. The van der Waals surface area contributed by atoms with Crippen molar-refractivity contribution in [3.05, 3.63) is 12.3 Å². The minimum Gasteiger partial charge on any atom is -0.356 e. The van der Waals surface area contributed by atoms with Crippen molar-refractivity contribution >= 4 is 11.8 Å². The topological polar surface area (TPSA) is 41.1 Å². The fourth-order valence-electron chi connectivity index (χ4n) is 2.38. The van der Waals surface area contributed by atoms with E-state index in [0.29, 0.717) is 0 Å². The Kier molecular flexibility index (Phi) is 4.79. The van der Waals surface area contributed by atoms with E-state index in [-0.39, 0.29) is 0 Å². The van der Waals surface area contributed by atoms with E-state index in [4.69, 9.17) is 0 Å². The SMILES string of the molecule is CCCCNc1nccc(N2CCCC(C)C2)n1. The average Bonchev–Trinajstić information content (AvgIpc) is 2.39. The number of hydrogen-bond acceptors (Lipinski definition) is 4. The second-order valence-corrected chi connectivity index (χ2v) is 5.21. The molecule has 0 radical (unpaired) electrons. The van der Waals surface area contributed by atoms with Gasteiger partial charge in [-0.1, -0.05) is 20.3 Å². The molecule has 4 nitrogen and oxygen atoms in total. The monoisotopic (exact) mass is 248 g/mol. The Morgan fingerprint density at radius 1 is 1.50 bits per heavy atom. The molecular weight excluding hydrogens is 224 g/mol. The maximum absolute atomic E-state index is 4.61. The van der Waals surface area contributed by atoms with Gasteiger partial charge in [-0.3, -0.25) is 0 Å². The first-order chi connectivity index (χ1) is 8.79. The maximum atomic E-state index is 4.61. The Hall–Kier alpha value is -1.32. The van der Waals surface area contributed by atoms with E-state index in [2.05, 4.69) is 34.0 Å². The summed E-state index contributed by atoms with van der Waals surface area (Å²) in [6, 6.07) is 2.02. The standard InChI is InChI=1S/C14H24N4/c1-3-4-8-15-14-16-9-7-13(17-14)18-10-5-6-12(2)11-18/h7,9,12H,3-6,8,10-11H2,1-2H3,(H,15,16,17). The molecule has 0 amide bonds. The van der Waals surface area contributed by atoms with Crippen LogP contribution in [-0.4, -0.2) is 29.6 Å². The lowest BCUT2D eigenvalue weighted by molar-refractivity contribution is 0.444. The first kappa shape index (κ1) is 13.1. The zero-order chi connectivity index (χ0) is 12.8. The van der Waals surface area contributed by atoms with Crippen molar-refractivity contribution in [3.8, 4) is 0 Å². The van der Waals surface area contributed by atoms with Crippen molar-refractivity contribution in [1.82, 2.24) is 9.97 Å². The maximum Gasteiger partial charge on any atom is 0.224 e. The van der Waals surface area contributed by atoms with E-state index in [9.17, 15) is 0 Å². The summed E-state index contributed by atoms with van der Waals surface area (Å²) in [6.07, 6.45) is 6.81. The second kappa shape index (κ2) is 6.57. The van der Waals surface area contributed by atoms with Gasteiger partial charge in [0.25, 0.3) is 0 Å². The van der Waals surface area contributed by atoms with Crippen LogP contribution in [0, 0.1) is 5.92 Å². The molecular formula is C14H24N4. The van der Waals surface area contributed by atoms with E-state index in [1.54, 1.807) is 0 Å². The van der Waals surface area contributed by atoms with Crippen molar-refractivity contribution in [1.29, 1.82) is 0 Å². The minimum absolute atomic E-state index is 0.763. The molecule has 1 aromatic rings. The molecule has 0 saturated carbocycles. The summed E-state index contributed by atoms with van der Waals surface area (Å²) < 4.78 is 0. The van der Waals surface area contributed by atoms with Crippen molar-refractivity contribution in [2.45, 2.75) is 39.5 Å². The van der Waals surface area contributed by atoms with Crippen LogP contribution in [0.25, 0.3) is 0 Å². The van der Waals surface area contributed by atoms with Gasteiger partial charge in [-0.2, -0.15) is 4.98 Å². The molecule has 0 aromatic carbocycles. The van der Waals surface area contributed by atoms with Gasteiger partial charge in [0.1, 0.15) is 5.82 Å². The largest absolute Gasteiger partial charge is 0.356 e. The quantitative estimate of drug-likeness (QED) is 0.813. The number of unbranched alkanes of at least 4 members (excludes halogenated alkanes) is 1. The fourth-order valence-corrected chi connectivity index (χ4v) is 2.38. The van der Waals surface area contributed by atoms with Crippen LogP contribution in [0.2, 0.25) is 0 Å². The number of hydrogen-bond donors (Lipinski definition) is 1. The van der Waals surface area contributed by atoms with Crippen LogP contribution in [0.5, 0.6) is 0 Å². The molecule has 0 spiro atoms. The normalized spacial score (nSPS) is 19.9.